The van der Waals surface area contributed by atoms with Crippen LogP contribution in [0.25, 0.3) is 0 Å². The number of hydrogen-bond donors (Lipinski definition) is 0. The average Bonchev–Trinajstić information content (AvgIpc) is 3.17. The maximum atomic E-state index is 13.1. The summed E-state index contributed by atoms with van der Waals surface area (Å²) >= 11 is 1.64. The van der Waals surface area contributed by atoms with Crippen LogP contribution in [-0.2, 0) is 0 Å². The first-order chi connectivity index (χ1) is 12.9. The molecule has 0 unspecified atom stereocenters. The van der Waals surface area contributed by atoms with Crippen molar-refractivity contribution in [2.75, 3.05) is 26.5 Å². The molecule has 1 saturated heterocycles. The van der Waals surface area contributed by atoms with Gasteiger partial charge < -0.3 is 14.4 Å². The lowest BCUT2D eigenvalue weighted by Crippen LogP contribution is -2.30. The van der Waals surface area contributed by atoms with Crippen LogP contribution in [0, 0.1) is 17.0 Å². The number of amides is 1. The summed E-state index contributed by atoms with van der Waals surface area (Å²) < 4.78 is 10.6. The van der Waals surface area contributed by atoms with Gasteiger partial charge in [-0.1, -0.05) is 6.07 Å². The lowest BCUT2D eigenvalue weighted by molar-refractivity contribution is -0.385. The topological polar surface area (TPSA) is 81.9 Å². The fraction of sp³-hybridized carbons (Fsp3) is 0.316. The number of benzene rings is 2. The molecule has 1 amide bonds. The number of thioether (sulfide) groups is 1. The largest absolute Gasteiger partial charge is 0.497 e. The minimum atomic E-state index is -0.463. The first-order valence-electron chi connectivity index (χ1n) is 8.35. The van der Waals surface area contributed by atoms with Crippen LogP contribution in [0.2, 0.25) is 0 Å². The summed E-state index contributed by atoms with van der Waals surface area (Å²) in [4.78, 5) is 25.5. The number of nitro benzene ring substituents is 1. The molecule has 2 aromatic carbocycles. The van der Waals surface area contributed by atoms with Crippen molar-refractivity contribution >= 4 is 23.4 Å². The second kappa shape index (κ2) is 7.87. The number of aryl methyl sites for hydroxylation is 1. The van der Waals surface area contributed by atoms with E-state index in [1.54, 1.807) is 56.0 Å². The Labute approximate surface area is 161 Å². The number of methoxy groups -OCH3 is 2. The molecule has 0 bridgehead atoms. The third kappa shape index (κ3) is 3.85. The summed E-state index contributed by atoms with van der Waals surface area (Å²) in [5, 5.41) is 11.0. The third-order valence-electron chi connectivity index (χ3n) is 4.46. The molecule has 0 aliphatic carbocycles. The van der Waals surface area contributed by atoms with Crippen LogP contribution >= 0.6 is 11.8 Å². The Kier molecular flexibility index (Phi) is 5.55. The van der Waals surface area contributed by atoms with Gasteiger partial charge in [0.2, 0.25) is 0 Å². The number of hydrogen-bond acceptors (Lipinski definition) is 6. The molecular weight excluding hydrogens is 368 g/mol. The Morgan fingerprint density at radius 3 is 2.44 bits per heavy atom. The zero-order valence-corrected chi connectivity index (χ0v) is 16.1. The van der Waals surface area contributed by atoms with Gasteiger partial charge in [-0.2, -0.15) is 0 Å². The van der Waals surface area contributed by atoms with E-state index in [4.69, 9.17) is 9.47 Å². The quantitative estimate of drug-likeness (QED) is 0.572. The zero-order chi connectivity index (χ0) is 19.6. The molecular formula is C19H20N2O5S. The van der Waals surface area contributed by atoms with Crippen LogP contribution in [0.1, 0.15) is 26.9 Å². The van der Waals surface area contributed by atoms with Gasteiger partial charge >= 0.3 is 0 Å². The van der Waals surface area contributed by atoms with E-state index in [0.717, 1.165) is 11.3 Å². The minimum absolute atomic E-state index is 0.0488. The number of nitro groups is 1. The smallest absolute Gasteiger partial charge is 0.273 e. The Hall–Kier alpha value is -2.74. The van der Waals surface area contributed by atoms with Crippen molar-refractivity contribution < 1.29 is 19.2 Å². The van der Waals surface area contributed by atoms with Gasteiger partial charge in [-0.3, -0.25) is 14.9 Å². The average molecular weight is 388 g/mol. The molecule has 3 rings (SSSR count). The molecule has 1 atom stereocenters. The van der Waals surface area contributed by atoms with Crippen molar-refractivity contribution in [3.63, 3.8) is 0 Å². The van der Waals surface area contributed by atoms with Gasteiger partial charge in [0.15, 0.2) is 0 Å². The molecule has 2 aromatic rings. The summed E-state index contributed by atoms with van der Waals surface area (Å²) in [7, 11) is 3.16. The van der Waals surface area contributed by atoms with Gasteiger partial charge in [0.05, 0.1) is 19.1 Å². The SMILES string of the molecule is COc1cc(OC)cc([C@H]2SCCN2C(=O)c2ccc(C)c([N+](=O)[O-])c2)c1. The van der Waals surface area contributed by atoms with Crippen LogP contribution in [0.4, 0.5) is 5.69 Å². The molecule has 1 aliphatic heterocycles. The molecule has 1 aliphatic rings. The van der Waals surface area contributed by atoms with E-state index in [-0.39, 0.29) is 17.0 Å². The van der Waals surface area contributed by atoms with E-state index in [1.165, 1.54) is 6.07 Å². The molecule has 142 valence electrons. The van der Waals surface area contributed by atoms with E-state index >= 15 is 0 Å². The minimum Gasteiger partial charge on any atom is -0.497 e. The number of rotatable bonds is 5. The van der Waals surface area contributed by atoms with Crippen molar-refractivity contribution in [3.05, 3.63) is 63.2 Å². The molecule has 27 heavy (non-hydrogen) atoms. The van der Waals surface area contributed by atoms with Crippen molar-refractivity contribution in [1.29, 1.82) is 0 Å². The molecule has 0 N–H and O–H groups in total. The van der Waals surface area contributed by atoms with Crippen molar-refractivity contribution in [3.8, 4) is 11.5 Å². The highest BCUT2D eigenvalue weighted by molar-refractivity contribution is 7.99. The highest BCUT2D eigenvalue weighted by Gasteiger charge is 2.32. The predicted octanol–water partition coefficient (Wildman–Crippen LogP) is 3.81. The summed E-state index contributed by atoms with van der Waals surface area (Å²) in [6.07, 6.45) is 0. The number of carbonyl (C=O) groups excluding carboxylic acids is 1. The summed E-state index contributed by atoms with van der Waals surface area (Å²) in [6.45, 7) is 2.22. The lowest BCUT2D eigenvalue weighted by atomic mass is 10.1. The second-order valence-electron chi connectivity index (χ2n) is 6.13. The lowest BCUT2D eigenvalue weighted by Gasteiger charge is -2.25. The molecule has 8 heteroatoms. The van der Waals surface area contributed by atoms with E-state index < -0.39 is 4.92 Å². The number of carbonyl (C=O) groups is 1. The monoisotopic (exact) mass is 388 g/mol. The zero-order valence-electron chi connectivity index (χ0n) is 15.3. The molecule has 0 radical (unpaired) electrons. The number of nitrogens with zero attached hydrogens (tertiary/aromatic N) is 2. The molecule has 1 fully saturated rings. The van der Waals surface area contributed by atoms with Crippen LogP contribution in [0.5, 0.6) is 11.5 Å². The molecule has 0 saturated carbocycles. The first-order valence-corrected chi connectivity index (χ1v) is 9.40. The fourth-order valence-electron chi connectivity index (χ4n) is 3.03. The van der Waals surface area contributed by atoms with E-state index in [2.05, 4.69) is 0 Å². The van der Waals surface area contributed by atoms with Crippen LogP contribution in [0.15, 0.2) is 36.4 Å². The van der Waals surface area contributed by atoms with Gasteiger partial charge in [-0.25, -0.2) is 0 Å². The summed E-state index contributed by atoms with van der Waals surface area (Å²) in [6, 6.07) is 10.1. The van der Waals surface area contributed by atoms with Gasteiger partial charge in [0.25, 0.3) is 11.6 Å². The Morgan fingerprint density at radius 1 is 1.19 bits per heavy atom. The van der Waals surface area contributed by atoms with Crippen LogP contribution < -0.4 is 9.47 Å². The first kappa shape index (κ1) is 19.0. The van der Waals surface area contributed by atoms with E-state index in [0.29, 0.717) is 29.2 Å². The molecule has 1 heterocycles. The van der Waals surface area contributed by atoms with Crippen LogP contribution in [-0.4, -0.2) is 42.2 Å². The Bertz CT molecular complexity index is 864. The molecule has 0 aromatic heterocycles. The maximum absolute atomic E-state index is 13.1. The highest BCUT2D eigenvalue weighted by atomic mass is 32.2. The van der Waals surface area contributed by atoms with Crippen molar-refractivity contribution in [2.45, 2.75) is 12.3 Å². The fourth-order valence-corrected chi connectivity index (χ4v) is 4.27. The van der Waals surface area contributed by atoms with Crippen molar-refractivity contribution in [2.24, 2.45) is 0 Å². The van der Waals surface area contributed by atoms with Crippen molar-refractivity contribution in [1.82, 2.24) is 4.90 Å². The molecule has 7 nitrogen and oxygen atoms in total. The number of ether oxygens (including phenoxy) is 2. The van der Waals surface area contributed by atoms with Gasteiger partial charge in [-0.15, -0.1) is 11.8 Å². The highest BCUT2D eigenvalue weighted by Crippen LogP contribution is 2.41. The van der Waals surface area contributed by atoms with E-state index in [1.807, 2.05) is 12.1 Å². The molecule has 0 spiro atoms. The summed E-state index contributed by atoms with van der Waals surface area (Å²) in [5.74, 6) is 1.85. The van der Waals surface area contributed by atoms with E-state index in [9.17, 15) is 14.9 Å². The summed E-state index contributed by atoms with van der Waals surface area (Å²) in [5.41, 5.74) is 1.69. The Balaban J connectivity index is 1.94. The van der Waals surface area contributed by atoms with Crippen LogP contribution in [0.3, 0.4) is 0 Å². The normalized spacial score (nSPS) is 16.3. The Morgan fingerprint density at radius 2 is 1.85 bits per heavy atom. The van der Waals surface area contributed by atoms with Gasteiger partial charge in [-0.05, 0) is 30.7 Å². The maximum Gasteiger partial charge on any atom is 0.273 e. The third-order valence-corrected chi connectivity index (χ3v) is 5.72. The van der Waals surface area contributed by atoms with Gasteiger partial charge in [0.1, 0.15) is 16.9 Å². The second-order valence-corrected chi connectivity index (χ2v) is 7.31. The predicted molar refractivity (Wildman–Crippen MR) is 104 cm³/mol. The van der Waals surface area contributed by atoms with Gasteiger partial charge in [0, 0.05) is 35.6 Å². The standard InChI is InChI=1S/C19H20N2O5S/c1-12-4-5-13(10-17(12)21(23)24)18(22)20-6-7-27-19(20)14-8-15(25-2)11-16(9-14)26-3/h4-5,8-11,19H,6-7H2,1-3H3/t19-/m1/s1.